The maximum Gasteiger partial charge on any atom is 0.289 e. The molecule has 0 aliphatic carbocycles. The van der Waals surface area contributed by atoms with Crippen molar-refractivity contribution in [3.63, 3.8) is 0 Å². The molecule has 2 heterocycles. The molecular formula is C18H21ClFN3O3. The number of halogens is 2. The first kappa shape index (κ1) is 19.9. The number of piperazine rings is 1. The van der Waals surface area contributed by atoms with Crippen LogP contribution in [0.4, 0.5) is 10.1 Å². The molecule has 0 atom stereocenters. The molecule has 1 aliphatic rings. The highest BCUT2D eigenvalue weighted by Gasteiger charge is 2.33. The summed E-state index contributed by atoms with van der Waals surface area (Å²) in [6.07, 6.45) is 1.48. The summed E-state index contributed by atoms with van der Waals surface area (Å²) in [7, 11) is 2.00. The van der Waals surface area contributed by atoms with Crippen LogP contribution in [0.2, 0.25) is 0 Å². The van der Waals surface area contributed by atoms with Gasteiger partial charge in [-0.1, -0.05) is 0 Å². The van der Waals surface area contributed by atoms with E-state index in [1.54, 1.807) is 17.0 Å². The third-order valence-electron chi connectivity index (χ3n) is 4.49. The molecule has 1 aromatic carbocycles. The molecule has 1 aromatic heterocycles. The summed E-state index contributed by atoms with van der Waals surface area (Å²) >= 11 is 0. The molecule has 1 saturated heterocycles. The Morgan fingerprint density at radius 1 is 1.19 bits per heavy atom. The first-order valence-corrected chi connectivity index (χ1v) is 8.17. The average Bonchev–Trinajstić information content (AvgIpc) is 3.11. The SMILES string of the molecule is C[N+]1(CC(=O)Nc2ccc(F)cc2)CCN(C(=O)c2ccco2)CC1.[Cl-]. The van der Waals surface area contributed by atoms with Crippen LogP contribution in [0.3, 0.4) is 0 Å². The Morgan fingerprint density at radius 3 is 2.42 bits per heavy atom. The van der Waals surface area contributed by atoms with E-state index < -0.39 is 0 Å². The molecule has 1 aliphatic heterocycles. The molecule has 0 radical (unpaired) electrons. The third kappa shape index (κ3) is 4.83. The predicted octanol–water partition coefficient (Wildman–Crippen LogP) is -1.04. The van der Waals surface area contributed by atoms with Gasteiger partial charge in [0.15, 0.2) is 12.3 Å². The lowest BCUT2D eigenvalue weighted by Gasteiger charge is -2.41. The van der Waals surface area contributed by atoms with Crippen LogP contribution in [-0.2, 0) is 4.79 Å². The first-order valence-electron chi connectivity index (χ1n) is 8.17. The summed E-state index contributed by atoms with van der Waals surface area (Å²) in [5, 5.41) is 2.78. The lowest BCUT2D eigenvalue weighted by molar-refractivity contribution is -0.905. The van der Waals surface area contributed by atoms with Gasteiger partial charge in [-0.05, 0) is 36.4 Å². The smallest absolute Gasteiger partial charge is 0.289 e. The van der Waals surface area contributed by atoms with Crippen molar-refractivity contribution >= 4 is 17.5 Å². The minimum absolute atomic E-state index is 0. The Kier molecular flexibility index (Phi) is 6.39. The number of hydrogen-bond donors (Lipinski definition) is 1. The average molecular weight is 382 g/mol. The highest BCUT2D eigenvalue weighted by atomic mass is 35.5. The number of furan rings is 1. The molecular weight excluding hydrogens is 361 g/mol. The van der Waals surface area contributed by atoms with Gasteiger partial charge >= 0.3 is 0 Å². The molecule has 3 rings (SSSR count). The van der Waals surface area contributed by atoms with Gasteiger partial charge in [0.05, 0.1) is 39.5 Å². The van der Waals surface area contributed by atoms with Crippen LogP contribution in [-0.4, -0.2) is 61.0 Å². The Morgan fingerprint density at radius 2 is 1.85 bits per heavy atom. The molecule has 1 N–H and O–H groups in total. The highest BCUT2D eigenvalue weighted by molar-refractivity contribution is 5.92. The van der Waals surface area contributed by atoms with E-state index >= 15 is 0 Å². The van der Waals surface area contributed by atoms with E-state index in [0.29, 0.717) is 48.7 Å². The van der Waals surface area contributed by atoms with Crippen LogP contribution in [0.5, 0.6) is 0 Å². The van der Waals surface area contributed by atoms with Crippen molar-refractivity contribution in [2.24, 2.45) is 0 Å². The minimum atomic E-state index is -0.339. The monoisotopic (exact) mass is 381 g/mol. The van der Waals surface area contributed by atoms with Crippen molar-refractivity contribution in [3.05, 3.63) is 54.2 Å². The second kappa shape index (κ2) is 8.33. The van der Waals surface area contributed by atoms with Crippen LogP contribution in [0, 0.1) is 5.82 Å². The van der Waals surface area contributed by atoms with Gasteiger partial charge in [-0.25, -0.2) is 4.39 Å². The molecule has 2 aromatic rings. The standard InChI is InChI=1S/C18H20FN3O3.ClH/c1-22(13-17(23)20-15-6-4-14(19)5-7-15)10-8-21(9-11-22)18(24)16-3-2-12-25-16;/h2-7,12H,8-11,13H2,1H3;1H. The predicted molar refractivity (Wildman–Crippen MR) is 90.4 cm³/mol. The first-order chi connectivity index (χ1) is 12.0. The maximum absolute atomic E-state index is 12.9. The van der Waals surface area contributed by atoms with Crippen molar-refractivity contribution in [2.45, 2.75) is 0 Å². The Balaban J connectivity index is 0.00000243. The zero-order chi connectivity index (χ0) is 17.9. The lowest BCUT2D eigenvalue weighted by atomic mass is 10.2. The summed E-state index contributed by atoms with van der Waals surface area (Å²) < 4.78 is 18.6. The van der Waals surface area contributed by atoms with Gasteiger partial charge in [0.25, 0.3) is 11.8 Å². The number of quaternary nitrogens is 1. The fourth-order valence-electron chi connectivity index (χ4n) is 2.95. The van der Waals surface area contributed by atoms with E-state index in [9.17, 15) is 14.0 Å². The normalized spacial score (nSPS) is 15.8. The fourth-order valence-corrected chi connectivity index (χ4v) is 2.95. The number of carbonyl (C=O) groups excluding carboxylic acids is 2. The molecule has 0 saturated carbocycles. The highest BCUT2D eigenvalue weighted by Crippen LogP contribution is 2.15. The van der Waals surface area contributed by atoms with Crippen molar-refractivity contribution < 1.29 is 35.3 Å². The van der Waals surface area contributed by atoms with Crippen LogP contribution in [0.15, 0.2) is 47.1 Å². The number of nitrogens with zero attached hydrogens (tertiary/aromatic N) is 2. The second-order valence-corrected chi connectivity index (χ2v) is 6.55. The summed E-state index contributed by atoms with van der Waals surface area (Å²) in [5.74, 6) is -0.244. The van der Waals surface area contributed by atoms with Gasteiger partial charge in [0.2, 0.25) is 0 Å². The molecule has 0 bridgehead atoms. The van der Waals surface area contributed by atoms with E-state index in [0.717, 1.165) is 0 Å². The zero-order valence-corrected chi connectivity index (χ0v) is 15.2. The number of rotatable bonds is 4. The van der Waals surface area contributed by atoms with Gasteiger partial charge in [0, 0.05) is 5.69 Å². The van der Waals surface area contributed by atoms with Crippen molar-refractivity contribution in [1.82, 2.24) is 4.90 Å². The number of amides is 2. The topological polar surface area (TPSA) is 62.6 Å². The van der Waals surface area contributed by atoms with Gasteiger partial charge in [-0.15, -0.1) is 0 Å². The summed E-state index contributed by atoms with van der Waals surface area (Å²) in [5.41, 5.74) is 0.574. The number of nitrogens with one attached hydrogen (secondary N) is 1. The van der Waals surface area contributed by atoms with Gasteiger partial charge in [-0.3, -0.25) is 9.59 Å². The lowest BCUT2D eigenvalue weighted by Crippen LogP contribution is -3.00. The van der Waals surface area contributed by atoms with E-state index in [1.165, 1.54) is 30.5 Å². The van der Waals surface area contributed by atoms with Crippen molar-refractivity contribution in [2.75, 3.05) is 45.1 Å². The Labute approximate surface area is 157 Å². The van der Waals surface area contributed by atoms with Gasteiger partial charge in [0.1, 0.15) is 5.82 Å². The van der Waals surface area contributed by atoms with Crippen LogP contribution in [0.25, 0.3) is 0 Å². The van der Waals surface area contributed by atoms with Gasteiger partial charge in [-0.2, -0.15) is 0 Å². The van der Waals surface area contributed by atoms with E-state index in [1.807, 2.05) is 7.05 Å². The number of anilines is 1. The molecule has 2 amide bonds. The number of hydrogen-bond acceptors (Lipinski definition) is 3. The molecule has 140 valence electrons. The quantitative estimate of drug-likeness (QED) is 0.688. The van der Waals surface area contributed by atoms with E-state index in [2.05, 4.69) is 5.32 Å². The largest absolute Gasteiger partial charge is 1.00 e. The molecule has 1 fully saturated rings. The third-order valence-corrected chi connectivity index (χ3v) is 4.49. The zero-order valence-electron chi connectivity index (χ0n) is 14.5. The summed E-state index contributed by atoms with van der Waals surface area (Å²) in [6, 6.07) is 9.04. The number of benzene rings is 1. The van der Waals surface area contributed by atoms with E-state index in [4.69, 9.17) is 4.42 Å². The molecule has 0 unspecified atom stereocenters. The molecule has 8 heteroatoms. The maximum atomic E-state index is 12.9. The van der Waals surface area contributed by atoms with Gasteiger partial charge < -0.3 is 31.5 Å². The van der Waals surface area contributed by atoms with Crippen molar-refractivity contribution in [3.8, 4) is 0 Å². The number of carbonyl (C=O) groups is 2. The van der Waals surface area contributed by atoms with Crippen molar-refractivity contribution in [1.29, 1.82) is 0 Å². The van der Waals surface area contributed by atoms with Crippen LogP contribution in [0.1, 0.15) is 10.6 Å². The number of likely N-dealkylation sites (N-methyl/N-ethyl adjacent to an activating group) is 1. The van der Waals surface area contributed by atoms with Crippen LogP contribution < -0.4 is 17.7 Å². The summed E-state index contributed by atoms with van der Waals surface area (Å²) in [6.45, 7) is 2.81. The molecule has 26 heavy (non-hydrogen) atoms. The Bertz CT molecular complexity index is 742. The molecule has 6 nitrogen and oxygen atoms in total. The van der Waals surface area contributed by atoms with E-state index in [-0.39, 0.29) is 30.0 Å². The Hall–Kier alpha value is -2.38. The summed E-state index contributed by atoms with van der Waals surface area (Å²) in [4.78, 5) is 26.3. The van der Waals surface area contributed by atoms with Crippen LogP contribution >= 0.6 is 0 Å². The minimum Gasteiger partial charge on any atom is -1.00 e. The fraction of sp³-hybridized carbons (Fsp3) is 0.333. The molecule has 0 spiro atoms. The second-order valence-electron chi connectivity index (χ2n) is 6.55.